The Morgan fingerprint density at radius 1 is 1.26 bits per heavy atom. The SMILES string of the molecule is CCN(CC)Cc1nc2sc(C)c(C)c2c(=O)n1C(C)C(=O)Nc1ccccc1OC. The van der Waals surface area contributed by atoms with E-state index in [1.807, 2.05) is 26.0 Å². The molecule has 0 fully saturated rings. The fraction of sp³-hybridized carbons (Fsp3) is 0.435. The summed E-state index contributed by atoms with van der Waals surface area (Å²) in [6, 6.07) is 6.48. The smallest absolute Gasteiger partial charge is 0.263 e. The summed E-state index contributed by atoms with van der Waals surface area (Å²) < 4.78 is 6.88. The summed E-state index contributed by atoms with van der Waals surface area (Å²) in [5.74, 6) is 0.875. The highest BCUT2D eigenvalue weighted by molar-refractivity contribution is 7.18. The van der Waals surface area contributed by atoms with Crippen molar-refractivity contribution in [3.63, 3.8) is 0 Å². The van der Waals surface area contributed by atoms with Crippen molar-refractivity contribution < 1.29 is 9.53 Å². The van der Waals surface area contributed by atoms with Crippen LogP contribution in [-0.2, 0) is 11.3 Å². The van der Waals surface area contributed by atoms with Gasteiger partial charge in [-0.15, -0.1) is 11.3 Å². The molecule has 0 saturated carbocycles. The third kappa shape index (κ3) is 4.50. The first kappa shape index (κ1) is 23.0. The van der Waals surface area contributed by atoms with E-state index in [9.17, 15) is 9.59 Å². The van der Waals surface area contributed by atoms with Crippen molar-refractivity contribution in [2.75, 3.05) is 25.5 Å². The molecular formula is C23H30N4O3S. The molecule has 7 nitrogen and oxygen atoms in total. The number of nitrogens with zero attached hydrogens (tertiary/aromatic N) is 3. The Labute approximate surface area is 186 Å². The van der Waals surface area contributed by atoms with Gasteiger partial charge in [0.15, 0.2) is 0 Å². The van der Waals surface area contributed by atoms with Gasteiger partial charge in [0.25, 0.3) is 5.56 Å². The Morgan fingerprint density at radius 3 is 2.58 bits per heavy atom. The maximum absolute atomic E-state index is 13.6. The lowest BCUT2D eigenvalue weighted by atomic mass is 10.2. The van der Waals surface area contributed by atoms with E-state index >= 15 is 0 Å². The number of hydrogen-bond acceptors (Lipinski definition) is 6. The summed E-state index contributed by atoms with van der Waals surface area (Å²) in [4.78, 5) is 35.6. The summed E-state index contributed by atoms with van der Waals surface area (Å²) in [5.41, 5.74) is 1.33. The molecule has 1 atom stereocenters. The van der Waals surface area contributed by atoms with Crippen molar-refractivity contribution >= 4 is 33.1 Å². The van der Waals surface area contributed by atoms with Crippen LogP contribution in [0.5, 0.6) is 5.75 Å². The van der Waals surface area contributed by atoms with E-state index in [4.69, 9.17) is 9.72 Å². The first-order valence-corrected chi connectivity index (χ1v) is 11.3. The number of amides is 1. The van der Waals surface area contributed by atoms with Gasteiger partial charge in [-0.3, -0.25) is 19.1 Å². The van der Waals surface area contributed by atoms with E-state index in [1.54, 1.807) is 30.7 Å². The Balaban J connectivity index is 2.09. The maximum atomic E-state index is 13.6. The lowest BCUT2D eigenvalue weighted by Crippen LogP contribution is -2.37. The first-order chi connectivity index (χ1) is 14.8. The molecule has 0 radical (unpaired) electrons. The number of rotatable bonds is 8. The topological polar surface area (TPSA) is 76.5 Å². The minimum Gasteiger partial charge on any atom is -0.495 e. The minimum absolute atomic E-state index is 0.170. The zero-order valence-electron chi connectivity index (χ0n) is 19.0. The fourth-order valence-electron chi connectivity index (χ4n) is 3.61. The lowest BCUT2D eigenvalue weighted by Gasteiger charge is -2.23. The standard InChI is InChI=1S/C23H30N4O3S/c1-7-26(8-2)13-19-25-22-20(14(3)16(5)31-22)23(29)27(19)15(4)21(28)24-17-11-9-10-12-18(17)30-6/h9-12,15H,7-8,13H2,1-6H3,(H,24,28). The van der Waals surface area contributed by atoms with Gasteiger partial charge < -0.3 is 10.1 Å². The van der Waals surface area contributed by atoms with Gasteiger partial charge in [0, 0.05) is 4.88 Å². The molecule has 2 aromatic heterocycles. The van der Waals surface area contributed by atoms with Crippen molar-refractivity contribution in [1.29, 1.82) is 0 Å². The van der Waals surface area contributed by atoms with Gasteiger partial charge >= 0.3 is 0 Å². The molecule has 8 heteroatoms. The van der Waals surface area contributed by atoms with Gasteiger partial charge in [-0.25, -0.2) is 4.98 Å². The van der Waals surface area contributed by atoms with Gasteiger partial charge in [-0.05, 0) is 51.6 Å². The molecule has 0 bridgehead atoms. The van der Waals surface area contributed by atoms with Crippen LogP contribution in [-0.4, -0.2) is 40.6 Å². The summed E-state index contributed by atoms with van der Waals surface area (Å²) in [6.45, 7) is 12.0. The highest BCUT2D eigenvalue weighted by Crippen LogP contribution is 2.28. The monoisotopic (exact) mass is 442 g/mol. The number of methoxy groups -OCH3 is 1. The van der Waals surface area contributed by atoms with Crippen LogP contribution in [0.4, 0.5) is 5.69 Å². The van der Waals surface area contributed by atoms with Crippen LogP contribution >= 0.6 is 11.3 Å². The molecule has 3 aromatic rings. The molecule has 0 aliphatic rings. The van der Waals surface area contributed by atoms with Crippen LogP contribution in [0.25, 0.3) is 10.2 Å². The Bertz CT molecular complexity index is 1150. The number of hydrogen-bond donors (Lipinski definition) is 1. The molecule has 1 aromatic carbocycles. The lowest BCUT2D eigenvalue weighted by molar-refractivity contribution is -0.119. The normalized spacial score (nSPS) is 12.4. The van der Waals surface area contributed by atoms with Gasteiger partial charge in [0.05, 0.1) is 24.7 Å². The van der Waals surface area contributed by atoms with E-state index in [1.165, 1.54) is 11.3 Å². The Hall–Kier alpha value is -2.71. The zero-order chi connectivity index (χ0) is 22.7. The Kier molecular flexibility index (Phi) is 7.12. The molecule has 3 rings (SSSR count). The quantitative estimate of drug-likeness (QED) is 0.568. The number of fused-ring (bicyclic) bond motifs is 1. The van der Waals surface area contributed by atoms with Gasteiger partial charge in [0.2, 0.25) is 5.91 Å². The van der Waals surface area contributed by atoms with Crippen LogP contribution in [0.3, 0.4) is 0 Å². The second kappa shape index (κ2) is 9.62. The third-order valence-corrected chi connectivity index (χ3v) is 6.80. The van der Waals surface area contributed by atoms with Crippen molar-refractivity contribution in [3.05, 3.63) is 50.9 Å². The molecule has 1 amide bonds. The zero-order valence-corrected chi connectivity index (χ0v) is 19.8. The number of nitrogens with one attached hydrogen (secondary N) is 1. The predicted molar refractivity (Wildman–Crippen MR) is 126 cm³/mol. The summed E-state index contributed by atoms with van der Waals surface area (Å²) >= 11 is 1.53. The number of ether oxygens (including phenoxy) is 1. The number of carbonyl (C=O) groups is 1. The van der Waals surface area contributed by atoms with Crippen LogP contribution in [0.1, 0.15) is 43.1 Å². The summed E-state index contributed by atoms with van der Waals surface area (Å²) in [6.07, 6.45) is 0. The van der Waals surface area contributed by atoms with Crippen molar-refractivity contribution in [2.45, 2.75) is 47.2 Å². The molecule has 166 valence electrons. The van der Waals surface area contributed by atoms with Crippen molar-refractivity contribution in [3.8, 4) is 5.75 Å². The third-order valence-electron chi connectivity index (χ3n) is 5.70. The van der Waals surface area contributed by atoms with Crippen molar-refractivity contribution in [2.24, 2.45) is 0 Å². The van der Waals surface area contributed by atoms with Gasteiger partial charge in [-0.2, -0.15) is 0 Å². The molecule has 0 aliphatic carbocycles. The van der Waals surface area contributed by atoms with Gasteiger partial charge in [-0.1, -0.05) is 26.0 Å². The number of thiophene rings is 1. The highest BCUT2D eigenvalue weighted by atomic mass is 32.1. The predicted octanol–water partition coefficient (Wildman–Crippen LogP) is 4.12. The second-order valence-electron chi connectivity index (χ2n) is 7.49. The van der Waals surface area contributed by atoms with Crippen molar-refractivity contribution in [1.82, 2.24) is 14.5 Å². The van der Waals surface area contributed by atoms with Gasteiger partial charge in [0.1, 0.15) is 22.4 Å². The number of para-hydroxylation sites is 2. The molecule has 1 N–H and O–H groups in total. The average molecular weight is 443 g/mol. The number of anilines is 1. The van der Waals surface area contributed by atoms with Crippen LogP contribution in [0.2, 0.25) is 0 Å². The fourth-order valence-corrected chi connectivity index (χ4v) is 4.65. The number of aryl methyl sites for hydroxylation is 2. The molecule has 0 saturated heterocycles. The Morgan fingerprint density at radius 2 is 1.94 bits per heavy atom. The molecule has 2 heterocycles. The largest absolute Gasteiger partial charge is 0.495 e. The molecule has 0 aliphatic heterocycles. The molecule has 0 spiro atoms. The number of carbonyl (C=O) groups excluding carboxylic acids is 1. The highest BCUT2D eigenvalue weighted by Gasteiger charge is 2.25. The summed E-state index contributed by atoms with van der Waals surface area (Å²) in [5, 5.41) is 3.50. The molecular weight excluding hydrogens is 412 g/mol. The van der Waals surface area contributed by atoms with E-state index in [2.05, 4.69) is 24.1 Å². The second-order valence-corrected chi connectivity index (χ2v) is 8.70. The number of benzene rings is 1. The number of aromatic nitrogens is 2. The maximum Gasteiger partial charge on any atom is 0.263 e. The van der Waals surface area contributed by atoms with Crippen LogP contribution < -0.4 is 15.6 Å². The molecule has 1 unspecified atom stereocenters. The minimum atomic E-state index is -0.737. The first-order valence-electron chi connectivity index (χ1n) is 10.5. The van der Waals surface area contributed by atoms with E-state index in [0.717, 1.165) is 28.4 Å². The van der Waals surface area contributed by atoms with E-state index < -0.39 is 6.04 Å². The van der Waals surface area contributed by atoms with E-state index in [-0.39, 0.29) is 11.5 Å². The van der Waals surface area contributed by atoms with Crippen LogP contribution in [0.15, 0.2) is 29.1 Å². The van der Waals surface area contributed by atoms with E-state index in [0.29, 0.717) is 29.2 Å². The van der Waals surface area contributed by atoms with Crippen LogP contribution in [0, 0.1) is 13.8 Å². The molecule has 31 heavy (non-hydrogen) atoms. The average Bonchev–Trinajstić information content (AvgIpc) is 3.05. The summed E-state index contributed by atoms with van der Waals surface area (Å²) in [7, 11) is 1.56.